The lowest BCUT2D eigenvalue weighted by atomic mass is 10.1. The lowest BCUT2D eigenvalue weighted by Crippen LogP contribution is -2.10. The van der Waals surface area contributed by atoms with Gasteiger partial charge in [-0.1, -0.05) is 0 Å². The van der Waals surface area contributed by atoms with Crippen LogP contribution in [0.1, 0.15) is 44.9 Å². The maximum atomic E-state index is 11.5. The van der Waals surface area contributed by atoms with E-state index in [1.165, 1.54) is 26.0 Å². The molecule has 0 saturated heterocycles. The third-order valence-electron chi connectivity index (χ3n) is 5.26. The van der Waals surface area contributed by atoms with Crippen molar-refractivity contribution in [3.8, 4) is 51.7 Å². The predicted octanol–water partition coefficient (Wildman–Crippen LogP) is 1.51. The van der Waals surface area contributed by atoms with Crippen LogP contribution >= 0.6 is 0 Å². The number of aliphatic hydroxyl groups is 3. The molecule has 0 unspecified atom stereocenters. The van der Waals surface area contributed by atoms with Crippen LogP contribution in [0.3, 0.4) is 0 Å². The molecule has 3 aromatic carbocycles. The summed E-state index contributed by atoms with van der Waals surface area (Å²) >= 11 is 0. The predicted molar refractivity (Wildman–Crippen MR) is 154 cm³/mol. The van der Waals surface area contributed by atoms with Crippen LogP contribution in [0.2, 0.25) is 0 Å². The molecule has 0 aliphatic heterocycles. The molecule has 0 radical (unpaired) electrons. The quantitative estimate of drug-likeness (QED) is 0.0993. The second-order valence-corrected chi connectivity index (χ2v) is 8.66. The first kappa shape index (κ1) is 37.6. The third-order valence-corrected chi connectivity index (χ3v) is 5.26. The highest BCUT2D eigenvalue weighted by molar-refractivity contribution is 5.96. The minimum Gasteiger partial charge on any atom is -0.504 e. The monoisotopic (exact) mass is 638 g/mol. The summed E-state index contributed by atoms with van der Waals surface area (Å²) in [5.74, 6) is -4.74. The molecule has 16 heteroatoms. The van der Waals surface area contributed by atoms with E-state index in [0.29, 0.717) is 5.56 Å². The number of rotatable bonds is 12. The van der Waals surface area contributed by atoms with Crippen molar-refractivity contribution in [2.45, 2.75) is 13.8 Å². The van der Waals surface area contributed by atoms with Crippen molar-refractivity contribution in [2.24, 2.45) is 0 Å². The number of carbonyl (C=O) groups is 3. The Morgan fingerprint density at radius 3 is 1.16 bits per heavy atom. The number of ether oxygens (including phenoxy) is 3. The second kappa shape index (κ2) is 18.3. The zero-order chi connectivity index (χ0) is 34.3. The van der Waals surface area contributed by atoms with Crippen LogP contribution in [-0.2, 0) is 0 Å². The van der Waals surface area contributed by atoms with Crippen molar-refractivity contribution in [3.63, 3.8) is 0 Å². The van der Waals surface area contributed by atoms with Crippen LogP contribution in [0.5, 0.6) is 51.7 Å². The highest BCUT2D eigenvalue weighted by atomic mass is 16.5. The van der Waals surface area contributed by atoms with E-state index in [1.807, 2.05) is 0 Å². The Morgan fingerprint density at radius 2 is 0.844 bits per heavy atom. The molecular weight excluding hydrogens is 604 g/mol. The fourth-order valence-electron chi connectivity index (χ4n) is 3.13. The van der Waals surface area contributed by atoms with Crippen molar-refractivity contribution in [1.29, 1.82) is 0 Å². The van der Waals surface area contributed by atoms with Gasteiger partial charge in [-0.15, -0.1) is 0 Å². The average Bonchev–Trinajstić information content (AvgIpc) is 2.99. The maximum Gasteiger partial charge on any atom is 0.335 e. The summed E-state index contributed by atoms with van der Waals surface area (Å²) in [5.41, 5.74) is 0.220. The first-order valence-electron chi connectivity index (χ1n) is 12.8. The van der Waals surface area contributed by atoms with Gasteiger partial charge in [0.05, 0.1) is 25.4 Å². The number of Topliss-reactive ketones (excluding diaryl/α,β-unsaturated/α-hetero) is 2. The van der Waals surface area contributed by atoms with Crippen LogP contribution in [0.15, 0.2) is 36.4 Å². The number of aromatic carboxylic acids is 1. The van der Waals surface area contributed by atoms with Crippen molar-refractivity contribution in [1.82, 2.24) is 0 Å². The largest absolute Gasteiger partial charge is 0.504 e. The zero-order valence-electron chi connectivity index (χ0n) is 24.1. The molecule has 0 aliphatic carbocycles. The van der Waals surface area contributed by atoms with Crippen LogP contribution in [0.25, 0.3) is 0 Å². The van der Waals surface area contributed by atoms with Gasteiger partial charge in [0, 0.05) is 11.1 Å². The molecule has 0 aromatic heterocycles. The van der Waals surface area contributed by atoms with Crippen LogP contribution < -0.4 is 14.2 Å². The molecule has 0 heterocycles. The van der Waals surface area contributed by atoms with Crippen LogP contribution in [0.4, 0.5) is 0 Å². The Morgan fingerprint density at radius 1 is 0.533 bits per heavy atom. The van der Waals surface area contributed by atoms with Crippen molar-refractivity contribution in [2.75, 3.05) is 39.6 Å². The van der Waals surface area contributed by atoms with Gasteiger partial charge in [-0.2, -0.15) is 0 Å². The highest BCUT2D eigenvalue weighted by Gasteiger charge is 2.17. The van der Waals surface area contributed by atoms with Crippen molar-refractivity contribution < 1.29 is 79.7 Å². The van der Waals surface area contributed by atoms with Gasteiger partial charge in [0.15, 0.2) is 57.6 Å². The lowest BCUT2D eigenvalue weighted by Gasteiger charge is -2.17. The number of phenolic OH excluding ortho intramolecular Hbond substituents is 6. The van der Waals surface area contributed by atoms with Gasteiger partial charge in [-0.05, 0) is 50.2 Å². The molecule has 0 bridgehead atoms. The minimum absolute atomic E-state index is 0.0182. The number of carboxylic acids is 1. The molecule has 0 fully saturated rings. The summed E-state index contributed by atoms with van der Waals surface area (Å²) in [6, 6.07) is 6.84. The fraction of sp³-hybridized carbons (Fsp3) is 0.276. The van der Waals surface area contributed by atoms with E-state index in [4.69, 9.17) is 65.3 Å². The number of hydrogen-bond acceptors (Lipinski definition) is 15. The summed E-state index contributed by atoms with van der Waals surface area (Å²) < 4.78 is 16.1. The number of hydrogen-bond donors (Lipinski definition) is 10. The first-order valence-corrected chi connectivity index (χ1v) is 12.8. The summed E-state index contributed by atoms with van der Waals surface area (Å²) in [4.78, 5) is 32.6. The Bertz CT molecular complexity index is 1320. The number of benzene rings is 3. The number of aromatic hydroxyl groups is 6. The molecule has 0 spiro atoms. The highest BCUT2D eigenvalue weighted by Crippen LogP contribution is 2.39. The maximum absolute atomic E-state index is 11.5. The van der Waals surface area contributed by atoms with Crippen LogP contribution in [-0.4, -0.2) is 108 Å². The topological polar surface area (TPSA) is 281 Å². The smallest absolute Gasteiger partial charge is 0.335 e. The Hall–Kier alpha value is -5.45. The van der Waals surface area contributed by atoms with Crippen LogP contribution in [0, 0.1) is 0 Å². The third kappa shape index (κ3) is 11.6. The number of phenols is 6. The van der Waals surface area contributed by atoms with E-state index < -0.39 is 40.5 Å². The molecule has 3 aromatic rings. The fourth-order valence-corrected chi connectivity index (χ4v) is 3.13. The number of aliphatic hydroxyl groups excluding tert-OH is 3. The van der Waals surface area contributed by atoms with Crippen molar-refractivity contribution >= 4 is 17.5 Å². The van der Waals surface area contributed by atoms with Gasteiger partial charge in [0.1, 0.15) is 19.8 Å². The van der Waals surface area contributed by atoms with Gasteiger partial charge in [-0.25, -0.2) is 4.79 Å². The number of carboxylic acid groups (broad SMARTS) is 1. The molecular formula is C29H34O16. The SMILES string of the molecule is CC(=O)c1cc(O)c(O)c(O)c1.CC(=O)c1cc(OCCO)c(OCCO)c(OCCO)c1.O=C(O)c1cc(O)c(O)c(O)c1. The van der Waals surface area contributed by atoms with E-state index in [-0.39, 0.29) is 79.6 Å². The standard InChI is InChI=1S/C14H20O7.C8H8O4.C7H6O5/c1-10(18)11-8-12(19-5-2-15)14(21-7-4-17)13(9-11)20-6-3-16;1-4(9)5-2-6(10)8(12)7(11)3-5;8-4-1-3(7(11)12)2-5(9)6(4)10/h8-9,15-17H,2-7H2,1H3;2-3,10-12H,1H3;1-2,8-10H,(H,11,12). The lowest BCUT2D eigenvalue weighted by molar-refractivity contribution is 0.0695. The van der Waals surface area contributed by atoms with E-state index in [0.717, 1.165) is 24.3 Å². The molecule has 3 rings (SSSR count). The summed E-state index contributed by atoms with van der Waals surface area (Å²) in [6.45, 7) is 2.16. The first-order chi connectivity index (χ1) is 21.2. The van der Waals surface area contributed by atoms with E-state index in [2.05, 4.69) is 0 Å². The summed E-state index contributed by atoms with van der Waals surface area (Å²) in [5, 5.41) is 88.3. The van der Waals surface area contributed by atoms with E-state index in [9.17, 15) is 14.4 Å². The average molecular weight is 639 g/mol. The van der Waals surface area contributed by atoms with Gasteiger partial charge in [0.2, 0.25) is 5.75 Å². The van der Waals surface area contributed by atoms with Gasteiger partial charge < -0.3 is 65.3 Å². The Balaban J connectivity index is 0.000000361. The number of ketones is 2. The van der Waals surface area contributed by atoms with Gasteiger partial charge >= 0.3 is 5.97 Å². The molecule has 16 nitrogen and oxygen atoms in total. The molecule has 10 N–H and O–H groups in total. The molecule has 45 heavy (non-hydrogen) atoms. The Labute approximate surface area is 255 Å². The summed E-state index contributed by atoms with van der Waals surface area (Å²) in [6.07, 6.45) is 0. The van der Waals surface area contributed by atoms with E-state index >= 15 is 0 Å². The second-order valence-electron chi connectivity index (χ2n) is 8.66. The normalized spacial score (nSPS) is 9.98. The molecule has 0 atom stereocenters. The number of carbonyl (C=O) groups excluding carboxylic acids is 2. The zero-order valence-corrected chi connectivity index (χ0v) is 24.1. The Kier molecular flexibility index (Phi) is 15.3. The molecule has 0 aliphatic rings. The molecule has 246 valence electrons. The van der Waals surface area contributed by atoms with Gasteiger partial charge in [0.25, 0.3) is 0 Å². The summed E-state index contributed by atoms with van der Waals surface area (Å²) in [7, 11) is 0. The van der Waals surface area contributed by atoms with Crippen molar-refractivity contribution in [3.05, 3.63) is 53.1 Å². The molecule has 0 amide bonds. The van der Waals surface area contributed by atoms with Gasteiger partial charge in [-0.3, -0.25) is 9.59 Å². The molecule has 0 saturated carbocycles. The van der Waals surface area contributed by atoms with E-state index in [1.54, 1.807) is 0 Å². The minimum atomic E-state index is -1.29.